The van der Waals surface area contributed by atoms with Crippen LogP contribution >= 0.6 is 0 Å². The Morgan fingerprint density at radius 2 is 1.67 bits per heavy atom. The number of likely N-dealkylation sites (tertiary alicyclic amines) is 1. The molecular formula is C14H15N3O4. The van der Waals surface area contributed by atoms with E-state index in [1.807, 2.05) is 0 Å². The first-order valence-corrected chi connectivity index (χ1v) is 6.71. The van der Waals surface area contributed by atoms with Crippen LogP contribution in [0.2, 0.25) is 0 Å². The maximum absolute atomic E-state index is 11.9. The lowest BCUT2D eigenvalue weighted by Gasteiger charge is -2.15. The Kier molecular flexibility index (Phi) is 3.25. The van der Waals surface area contributed by atoms with Crippen molar-refractivity contribution >= 4 is 17.9 Å². The van der Waals surface area contributed by atoms with E-state index in [1.165, 1.54) is 4.90 Å². The van der Waals surface area contributed by atoms with E-state index in [2.05, 4.69) is 10.9 Å². The molecule has 1 aliphatic heterocycles. The van der Waals surface area contributed by atoms with Crippen LogP contribution in [0, 0.1) is 17.8 Å². The van der Waals surface area contributed by atoms with Gasteiger partial charge in [0.15, 0.2) is 0 Å². The normalized spacial score (nSPS) is 25.9. The Morgan fingerprint density at radius 1 is 1.05 bits per heavy atom. The van der Waals surface area contributed by atoms with Crippen molar-refractivity contribution in [1.82, 2.24) is 15.8 Å². The Hall–Kier alpha value is -2.57. The number of nitrogens with zero attached hydrogens (tertiary/aromatic N) is 1. The van der Waals surface area contributed by atoms with E-state index in [1.54, 1.807) is 30.3 Å². The minimum Gasteiger partial charge on any atom is -0.465 e. The number of fused-ring (bicyclic) bond motifs is 1. The van der Waals surface area contributed by atoms with E-state index in [4.69, 9.17) is 5.11 Å². The van der Waals surface area contributed by atoms with Gasteiger partial charge in [-0.05, 0) is 24.0 Å². The molecule has 3 atom stereocenters. The first-order valence-electron chi connectivity index (χ1n) is 6.71. The van der Waals surface area contributed by atoms with Gasteiger partial charge in [-0.1, -0.05) is 18.2 Å². The zero-order chi connectivity index (χ0) is 15.0. The molecule has 3 rings (SSSR count). The van der Waals surface area contributed by atoms with Crippen LogP contribution in [0.1, 0.15) is 10.4 Å². The molecule has 0 spiro atoms. The lowest BCUT2D eigenvalue weighted by Crippen LogP contribution is -2.44. The van der Waals surface area contributed by atoms with Gasteiger partial charge in [-0.3, -0.25) is 20.4 Å². The molecule has 7 heteroatoms. The number of amides is 3. The second kappa shape index (κ2) is 5.08. The van der Waals surface area contributed by atoms with Crippen molar-refractivity contribution in [3.63, 3.8) is 0 Å². The molecule has 0 aromatic heterocycles. The highest BCUT2D eigenvalue weighted by Gasteiger charge is 2.60. The molecule has 0 bridgehead atoms. The highest BCUT2D eigenvalue weighted by atomic mass is 16.4. The van der Waals surface area contributed by atoms with Crippen molar-refractivity contribution in [2.75, 3.05) is 13.1 Å². The summed E-state index contributed by atoms with van der Waals surface area (Å²) >= 11 is 0. The molecule has 1 aromatic rings. The number of carboxylic acid groups (broad SMARTS) is 1. The fourth-order valence-corrected chi connectivity index (χ4v) is 2.93. The van der Waals surface area contributed by atoms with Gasteiger partial charge in [0.2, 0.25) is 5.91 Å². The molecule has 1 heterocycles. The summed E-state index contributed by atoms with van der Waals surface area (Å²) in [6, 6.07) is 8.58. The summed E-state index contributed by atoms with van der Waals surface area (Å²) in [4.78, 5) is 35.8. The Morgan fingerprint density at radius 3 is 2.24 bits per heavy atom. The lowest BCUT2D eigenvalue weighted by atomic mass is 10.2. The van der Waals surface area contributed by atoms with Crippen molar-refractivity contribution in [1.29, 1.82) is 0 Å². The third kappa shape index (κ3) is 2.54. The summed E-state index contributed by atoms with van der Waals surface area (Å²) in [5.41, 5.74) is 5.25. The summed E-state index contributed by atoms with van der Waals surface area (Å²) in [7, 11) is 0. The molecule has 1 aliphatic carbocycles. The van der Waals surface area contributed by atoms with Crippen LogP contribution in [0.3, 0.4) is 0 Å². The van der Waals surface area contributed by atoms with E-state index >= 15 is 0 Å². The summed E-state index contributed by atoms with van der Waals surface area (Å²) in [5, 5.41) is 8.85. The smallest absolute Gasteiger partial charge is 0.407 e. The summed E-state index contributed by atoms with van der Waals surface area (Å²) in [6.45, 7) is 0.787. The van der Waals surface area contributed by atoms with Gasteiger partial charge in [0.05, 0.1) is 0 Å². The van der Waals surface area contributed by atoms with Crippen LogP contribution in [-0.2, 0) is 4.79 Å². The van der Waals surface area contributed by atoms with E-state index in [0.29, 0.717) is 18.7 Å². The maximum atomic E-state index is 11.9. The highest BCUT2D eigenvalue weighted by molar-refractivity contribution is 5.95. The molecule has 2 aliphatic rings. The van der Waals surface area contributed by atoms with E-state index in [0.717, 1.165) is 0 Å². The largest absolute Gasteiger partial charge is 0.465 e. The second-order valence-electron chi connectivity index (χ2n) is 5.35. The van der Waals surface area contributed by atoms with Gasteiger partial charge in [0, 0.05) is 24.6 Å². The molecule has 0 radical (unpaired) electrons. The summed E-state index contributed by atoms with van der Waals surface area (Å²) < 4.78 is 0. The monoisotopic (exact) mass is 289 g/mol. The molecule has 110 valence electrons. The minimum absolute atomic E-state index is 0.0785. The summed E-state index contributed by atoms with van der Waals surface area (Å²) in [5.74, 6) is -0.664. The standard InChI is InChI=1S/C14H15N3O4/c18-12(8-4-2-1-3-5-8)15-16-13(19)11-9-6-17(14(20)21)7-10(9)11/h1-5,9-11H,6-7H2,(H,15,18)(H,16,19)(H,20,21)/t9-,10+,11-. The number of hydrogen-bond acceptors (Lipinski definition) is 3. The predicted octanol–water partition coefficient (Wildman–Crippen LogP) is 0.303. The number of piperidine rings is 1. The molecule has 3 N–H and O–H groups in total. The summed E-state index contributed by atoms with van der Waals surface area (Å²) in [6.07, 6.45) is -0.946. The SMILES string of the molecule is O=C(NNC(=O)[C@@H]1[C@@H]2CN(C(=O)O)C[C@@H]21)c1ccccc1. The maximum Gasteiger partial charge on any atom is 0.407 e. The van der Waals surface area contributed by atoms with Crippen LogP contribution in [-0.4, -0.2) is 41.0 Å². The van der Waals surface area contributed by atoms with Crippen molar-refractivity contribution < 1.29 is 19.5 Å². The molecule has 1 saturated heterocycles. The number of benzene rings is 1. The Balaban J connectivity index is 1.47. The van der Waals surface area contributed by atoms with Gasteiger partial charge in [-0.2, -0.15) is 0 Å². The minimum atomic E-state index is -0.946. The van der Waals surface area contributed by atoms with Gasteiger partial charge in [-0.15, -0.1) is 0 Å². The molecule has 7 nitrogen and oxygen atoms in total. The van der Waals surface area contributed by atoms with Gasteiger partial charge in [0.25, 0.3) is 5.91 Å². The van der Waals surface area contributed by atoms with Crippen LogP contribution in [0.5, 0.6) is 0 Å². The third-order valence-electron chi connectivity index (χ3n) is 4.10. The second-order valence-corrected chi connectivity index (χ2v) is 5.35. The molecule has 1 aromatic carbocycles. The molecular weight excluding hydrogens is 274 g/mol. The van der Waals surface area contributed by atoms with Crippen molar-refractivity contribution in [2.24, 2.45) is 17.8 Å². The van der Waals surface area contributed by atoms with E-state index < -0.39 is 6.09 Å². The topological polar surface area (TPSA) is 98.7 Å². The number of rotatable bonds is 2. The quantitative estimate of drug-likeness (QED) is 0.682. The average molecular weight is 289 g/mol. The van der Waals surface area contributed by atoms with Gasteiger partial charge in [0.1, 0.15) is 0 Å². The fourth-order valence-electron chi connectivity index (χ4n) is 2.93. The molecule has 3 amide bonds. The zero-order valence-corrected chi connectivity index (χ0v) is 11.2. The van der Waals surface area contributed by atoms with Crippen molar-refractivity contribution in [2.45, 2.75) is 0 Å². The number of carbonyl (C=O) groups excluding carboxylic acids is 2. The lowest BCUT2D eigenvalue weighted by molar-refractivity contribution is -0.124. The Labute approximate surface area is 120 Å². The first-order chi connectivity index (χ1) is 10.1. The van der Waals surface area contributed by atoms with Crippen LogP contribution in [0.15, 0.2) is 30.3 Å². The van der Waals surface area contributed by atoms with Crippen LogP contribution in [0.4, 0.5) is 4.79 Å². The highest BCUT2D eigenvalue weighted by Crippen LogP contribution is 2.51. The Bertz CT molecular complexity index is 577. The number of nitrogens with one attached hydrogen (secondary N) is 2. The van der Waals surface area contributed by atoms with Crippen molar-refractivity contribution in [3.05, 3.63) is 35.9 Å². The predicted molar refractivity (Wildman–Crippen MR) is 72.1 cm³/mol. The number of hydrogen-bond donors (Lipinski definition) is 3. The third-order valence-corrected chi connectivity index (χ3v) is 4.10. The average Bonchev–Trinajstić information content (AvgIpc) is 2.99. The zero-order valence-electron chi connectivity index (χ0n) is 11.2. The van der Waals surface area contributed by atoms with E-state index in [-0.39, 0.29) is 29.6 Å². The van der Waals surface area contributed by atoms with Gasteiger partial charge in [-0.25, -0.2) is 4.79 Å². The van der Waals surface area contributed by atoms with Crippen LogP contribution in [0.25, 0.3) is 0 Å². The number of carbonyl (C=O) groups is 3. The molecule has 2 fully saturated rings. The van der Waals surface area contributed by atoms with Gasteiger partial charge < -0.3 is 10.0 Å². The molecule has 21 heavy (non-hydrogen) atoms. The van der Waals surface area contributed by atoms with Crippen molar-refractivity contribution in [3.8, 4) is 0 Å². The van der Waals surface area contributed by atoms with E-state index in [9.17, 15) is 14.4 Å². The molecule has 0 unspecified atom stereocenters. The molecule has 1 saturated carbocycles. The van der Waals surface area contributed by atoms with Gasteiger partial charge >= 0.3 is 6.09 Å². The van der Waals surface area contributed by atoms with Crippen LogP contribution < -0.4 is 10.9 Å². The number of hydrazine groups is 1. The first kappa shape index (κ1) is 13.4. The fraction of sp³-hybridized carbons (Fsp3) is 0.357.